The van der Waals surface area contributed by atoms with Crippen LogP contribution in [0.15, 0.2) is 0 Å². The van der Waals surface area contributed by atoms with Crippen LogP contribution in [0, 0.1) is 5.41 Å². The summed E-state index contributed by atoms with van der Waals surface area (Å²) in [5.74, 6) is 0. The fraction of sp³-hybridized carbons (Fsp3) is 0.900. The highest BCUT2D eigenvalue weighted by atomic mass is 16.5. The average molecular weight is 185 g/mol. The topological polar surface area (TPSA) is 29.5 Å². The number of carbonyl (C=O) groups excluding carboxylic acids is 1. The lowest BCUT2D eigenvalue weighted by Gasteiger charge is -2.33. The van der Waals surface area contributed by atoms with Crippen LogP contribution >= 0.6 is 0 Å². The zero-order chi connectivity index (χ0) is 9.73. The minimum Gasteiger partial charge on any atom is -0.379 e. The molecule has 0 aromatic heterocycles. The molecule has 13 heavy (non-hydrogen) atoms. The van der Waals surface area contributed by atoms with Gasteiger partial charge in [-0.15, -0.1) is 0 Å². The van der Waals surface area contributed by atoms with Crippen LogP contribution in [0.1, 0.15) is 20.3 Å². The molecule has 0 aliphatic carbocycles. The molecule has 1 saturated heterocycles. The zero-order valence-corrected chi connectivity index (χ0v) is 8.58. The van der Waals surface area contributed by atoms with E-state index in [2.05, 4.69) is 18.7 Å². The van der Waals surface area contributed by atoms with Crippen molar-refractivity contribution in [3.63, 3.8) is 0 Å². The Kier molecular flexibility index (Phi) is 3.88. The van der Waals surface area contributed by atoms with Crippen LogP contribution in [0.4, 0.5) is 0 Å². The lowest BCUT2D eigenvalue weighted by Crippen LogP contribution is -2.42. The molecule has 0 bridgehead atoms. The Bertz CT molecular complexity index is 162. The molecule has 1 rings (SSSR count). The Balaban J connectivity index is 2.32. The third-order valence-corrected chi connectivity index (χ3v) is 2.39. The molecule has 1 aliphatic rings. The van der Waals surface area contributed by atoms with Crippen LogP contribution < -0.4 is 0 Å². The van der Waals surface area contributed by atoms with E-state index in [-0.39, 0.29) is 5.41 Å². The molecule has 1 aliphatic heterocycles. The Labute approximate surface area is 80.1 Å². The van der Waals surface area contributed by atoms with E-state index in [4.69, 9.17) is 4.74 Å². The van der Waals surface area contributed by atoms with Crippen molar-refractivity contribution >= 4 is 6.29 Å². The standard InChI is InChI=1S/C10H19NO2/c1-10(2,3-6-12)9-11-4-7-13-8-5-11/h6H,3-5,7-9H2,1-2H3. The van der Waals surface area contributed by atoms with Gasteiger partial charge in [-0.3, -0.25) is 4.90 Å². The second-order valence-electron chi connectivity index (χ2n) is 4.42. The molecule has 1 heterocycles. The minimum atomic E-state index is 0.110. The SMILES string of the molecule is CC(C)(CC=O)CN1CCOCC1. The Morgan fingerprint density at radius 3 is 2.54 bits per heavy atom. The maximum atomic E-state index is 10.4. The largest absolute Gasteiger partial charge is 0.379 e. The number of ether oxygens (including phenoxy) is 1. The van der Waals surface area contributed by atoms with Crippen LogP contribution in [-0.2, 0) is 9.53 Å². The second-order valence-corrected chi connectivity index (χ2v) is 4.42. The van der Waals surface area contributed by atoms with Gasteiger partial charge >= 0.3 is 0 Å². The fourth-order valence-corrected chi connectivity index (χ4v) is 1.65. The molecule has 3 nitrogen and oxygen atoms in total. The second kappa shape index (κ2) is 4.72. The molecule has 0 saturated carbocycles. The lowest BCUT2D eigenvalue weighted by atomic mass is 9.89. The molecular weight excluding hydrogens is 166 g/mol. The number of hydrogen-bond acceptors (Lipinski definition) is 3. The van der Waals surface area contributed by atoms with E-state index < -0.39 is 0 Å². The Morgan fingerprint density at radius 1 is 1.38 bits per heavy atom. The number of nitrogens with zero attached hydrogens (tertiary/aromatic N) is 1. The van der Waals surface area contributed by atoms with Crippen molar-refractivity contribution < 1.29 is 9.53 Å². The summed E-state index contributed by atoms with van der Waals surface area (Å²) in [6, 6.07) is 0. The van der Waals surface area contributed by atoms with Gasteiger partial charge in [0.25, 0.3) is 0 Å². The molecule has 0 unspecified atom stereocenters. The van der Waals surface area contributed by atoms with Crippen LogP contribution in [0.3, 0.4) is 0 Å². The summed E-state index contributed by atoms with van der Waals surface area (Å²) in [5.41, 5.74) is 0.110. The predicted octanol–water partition coefficient (Wildman–Crippen LogP) is 0.934. The predicted molar refractivity (Wildman–Crippen MR) is 51.7 cm³/mol. The number of hydrogen-bond donors (Lipinski definition) is 0. The lowest BCUT2D eigenvalue weighted by molar-refractivity contribution is -0.109. The third-order valence-electron chi connectivity index (χ3n) is 2.39. The van der Waals surface area contributed by atoms with Gasteiger partial charge in [-0.05, 0) is 5.41 Å². The first kappa shape index (κ1) is 10.7. The summed E-state index contributed by atoms with van der Waals surface area (Å²) < 4.78 is 5.26. The fourth-order valence-electron chi connectivity index (χ4n) is 1.65. The normalized spacial score (nSPS) is 20.2. The average Bonchev–Trinajstić information content (AvgIpc) is 2.04. The highest BCUT2D eigenvalue weighted by Gasteiger charge is 2.22. The summed E-state index contributed by atoms with van der Waals surface area (Å²) >= 11 is 0. The molecular formula is C10H19NO2. The molecule has 76 valence electrons. The summed E-state index contributed by atoms with van der Waals surface area (Å²) in [6.45, 7) is 8.93. The van der Waals surface area contributed by atoms with Crippen LogP contribution in [-0.4, -0.2) is 44.0 Å². The van der Waals surface area contributed by atoms with Crippen molar-refractivity contribution in [1.29, 1.82) is 0 Å². The first-order valence-electron chi connectivity index (χ1n) is 4.88. The highest BCUT2D eigenvalue weighted by molar-refractivity contribution is 5.50. The van der Waals surface area contributed by atoms with Gasteiger partial charge in [0, 0.05) is 26.1 Å². The first-order chi connectivity index (χ1) is 6.14. The van der Waals surface area contributed by atoms with E-state index in [1.165, 1.54) is 0 Å². The molecule has 0 aromatic carbocycles. The smallest absolute Gasteiger partial charge is 0.120 e. The zero-order valence-electron chi connectivity index (χ0n) is 8.58. The van der Waals surface area contributed by atoms with Crippen LogP contribution in [0.5, 0.6) is 0 Å². The monoisotopic (exact) mass is 185 g/mol. The number of rotatable bonds is 4. The molecule has 0 atom stereocenters. The van der Waals surface area contributed by atoms with Crippen LogP contribution in [0.2, 0.25) is 0 Å². The Morgan fingerprint density at radius 2 is 2.00 bits per heavy atom. The molecule has 3 heteroatoms. The molecule has 1 fully saturated rings. The van der Waals surface area contributed by atoms with Crippen LogP contribution in [0.25, 0.3) is 0 Å². The van der Waals surface area contributed by atoms with Crippen molar-refractivity contribution in [2.24, 2.45) is 5.41 Å². The Hall–Kier alpha value is -0.410. The number of morpholine rings is 1. The number of carbonyl (C=O) groups is 1. The van der Waals surface area contributed by atoms with Crippen molar-refractivity contribution in [3.8, 4) is 0 Å². The van der Waals surface area contributed by atoms with Crippen molar-refractivity contribution in [1.82, 2.24) is 4.90 Å². The van der Waals surface area contributed by atoms with Crippen molar-refractivity contribution in [2.45, 2.75) is 20.3 Å². The van der Waals surface area contributed by atoms with E-state index in [0.29, 0.717) is 6.42 Å². The highest BCUT2D eigenvalue weighted by Crippen LogP contribution is 2.20. The molecule has 0 radical (unpaired) electrons. The van der Waals surface area contributed by atoms with E-state index in [1.54, 1.807) is 0 Å². The number of aldehydes is 1. The van der Waals surface area contributed by atoms with Gasteiger partial charge in [0.15, 0.2) is 0 Å². The van der Waals surface area contributed by atoms with E-state index in [9.17, 15) is 4.79 Å². The van der Waals surface area contributed by atoms with Crippen molar-refractivity contribution in [2.75, 3.05) is 32.8 Å². The van der Waals surface area contributed by atoms with Gasteiger partial charge in [-0.25, -0.2) is 0 Å². The molecule has 0 spiro atoms. The summed E-state index contributed by atoms with van der Waals surface area (Å²) in [4.78, 5) is 12.8. The molecule has 0 aromatic rings. The summed E-state index contributed by atoms with van der Waals surface area (Å²) in [6.07, 6.45) is 1.66. The minimum absolute atomic E-state index is 0.110. The van der Waals surface area contributed by atoms with Gasteiger partial charge in [-0.2, -0.15) is 0 Å². The maximum absolute atomic E-state index is 10.4. The third kappa shape index (κ3) is 3.87. The quantitative estimate of drug-likeness (QED) is 0.610. The van der Waals surface area contributed by atoms with E-state index >= 15 is 0 Å². The van der Waals surface area contributed by atoms with Gasteiger partial charge < -0.3 is 9.53 Å². The summed E-state index contributed by atoms with van der Waals surface area (Å²) in [5, 5.41) is 0. The van der Waals surface area contributed by atoms with E-state index in [1.807, 2.05) is 0 Å². The van der Waals surface area contributed by atoms with Gasteiger partial charge in [0.05, 0.1) is 13.2 Å². The molecule has 0 amide bonds. The maximum Gasteiger partial charge on any atom is 0.120 e. The van der Waals surface area contributed by atoms with Gasteiger partial charge in [0.2, 0.25) is 0 Å². The van der Waals surface area contributed by atoms with Gasteiger partial charge in [-0.1, -0.05) is 13.8 Å². The first-order valence-corrected chi connectivity index (χ1v) is 4.88. The van der Waals surface area contributed by atoms with E-state index in [0.717, 1.165) is 39.1 Å². The van der Waals surface area contributed by atoms with Gasteiger partial charge in [0.1, 0.15) is 6.29 Å². The van der Waals surface area contributed by atoms with Crippen molar-refractivity contribution in [3.05, 3.63) is 0 Å². The summed E-state index contributed by atoms with van der Waals surface area (Å²) in [7, 11) is 0. The molecule has 0 N–H and O–H groups in total.